The second-order valence-electron chi connectivity index (χ2n) is 11.3. The largest absolute Gasteiger partial charge is 0.227 e. The molecular formula is C42H27N3. The Hall–Kier alpha value is -6.11. The van der Waals surface area contributed by atoms with Gasteiger partial charge in [-0.2, -0.15) is 5.26 Å². The summed E-state index contributed by atoms with van der Waals surface area (Å²) in [5.41, 5.74) is 11.0. The maximum absolute atomic E-state index is 10.6. The maximum Gasteiger partial charge on any atom is 0.160 e. The summed E-state index contributed by atoms with van der Waals surface area (Å²) < 4.78 is 0. The molecule has 0 saturated heterocycles. The Morgan fingerprint density at radius 3 is 1.53 bits per heavy atom. The first-order chi connectivity index (χ1) is 22.3. The van der Waals surface area contributed by atoms with Gasteiger partial charge < -0.3 is 0 Å². The number of nitriles is 1. The van der Waals surface area contributed by atoms with E-state index in [1.165, 1.54) is 33.4 Å². The van der Waals surface area contributed by atoms with Crippen molar-refractivity contribution >= 4 is 0 Å². The van der Waals surface area contributed by atoms with Gasteiger partial charge in [0.25, 0.3) is 0 Å². The first-order valence-electron chi connectivity index (χ1n) is 15.1. The Morgan fingerprint density at radius 2 is 0.933 bits per heavy atom. The van der Waals surface area contributed by atoms with Crippen LogP contribution in [0.2, 0.25) is 0 Å². The molecule has 0 spiro atoms. The van der Waals surface area contributed by atoms with Crippen molar-refractivity contribution < 1.29 is 0 Å². The van der Waals surface area contributed by atoms with Crippen molar-refractivity contribution in [3.8, 4) is 51.1 Å². The molecule has 7 aromatic rings. The second-order valence-corrected chi connectivity index (χ2v) is 11.3. The van der Waals surface area contributed by atoms with Gasteiger partial charge in [0.2, 0.25) is 0 Å². The molecule has 8 rings (SSSR count). The third-order valence-corrected chi connectivity index (χ3v) is 8.83. The van der Waals surface area contributed by atoms with Crippen molar-refractivity contribution in [1.29, 1.82) is 5.26 Å². The highest BCUT2D eigenvalue weighted by atomic mass is 14.9. The summed E-state index contributed by atoms with van der Waals surface area (Å²) in [5.74, 6) is 0.588. The van der Waals surface area contributed by atoms with E-state index in [-0.39, 0.29) is 0 Å². The number of rotatable bonds is 5. The van der Waals surface area contributed by atoms with Gasteiger partial charge in [-0.3, -0.25) is 0 Å². The number of hydrogen-bond acceptors (Lipinski definition) is 3. The fourth-order valence-corrected chi connectivity index (χ4v) is 6.89. The highest BCUT2D eigenvalue weighted by Gasteiger charge is 2.46. The van der Waals surface area contributed by atoms with Gasteiger partial charge in [-0.15, -0.1) is 0 Å². The lowest BCUT2D eigenvalue weighted by Crippen LogP contribution is -2.28. The lowest BCUT2D eigenvalue weighted by atomic mass is 9.67. The van der Waals surface area contributed by atoms with Crippen LogP contribution in [0.3, 0.4) is 0 Å². The first-order valence-corrected chi connectivity index (χ1v) is 15.1. The predicted octanol–water partition coefficient (Wildman–Crippen LogP) is 9.71. The quantitative estimate of drug-likeness (QED) is 0.206. The van der Waals surface area contributed by atoms with Crippen LogP contribution in [0.5, 0.6) is 0 Å². The molecule has 1 heterocycles. The van der Waals surface area contributed by atoms with E-state index in [0.717, 1.165) is 16.7 Å². The normalized spacial score (nSPS) is 12.6. The molecule has 0 bridgehead atoms. The summed E-state index contributed by atoms with van der Waals surface area (Å²) in [5, 5.41) is 10.6. The molecule has 210 valence electrons. The van der Waals surface area contributed by atoms with Gasteiger partial charge in [-0.25, -0.2) is 9.97 Å². The third kappa shape index (κ3) is 4.19. The molecule has 1 aliphatic carbocycles. The molecule has 0 radical (unpaired) electrons. The lowest BCUT2D eigenvalue weighted by molar-refractivity contribution is 0.768. The number of benzene rings is 6. The Morgan fingerprint density at radius 1 is 0.444 bits per heavy atom. The molecule has 0 aliphatic heterocycles. The van der Waals surface area contributed by atoms with Gasteiger partial charge in [-0.05, 0) is 39.4 Å². The number of hydrogen-bond donors (Lipinski definition) is 0. The summed E-state index contributed by atoms with van der Waals surface area (Å²) >= 11 is 0. The number of nitrogens with zero attached hydrogens (tertiary/aromatic N) is 3. The van der Waals surface area contributed by atoms with Crippen molar-refractivity contribution in [3.05, 3.63) is 192 Å². The van der Waals surface area contributed by atoms with E-state index in [4.69, 9.17) is 9.97 Å². The van der Waals surface area contributed by atoms with Crippen molar-refractivity contribution in [2.45, 2.75) is 5.41 Å². The van der Waals surface area contributed by atoms with Crippen LogP contribution in [0.25, 0.3) is 45.0 Å². The minimum atomic E-state index is -0.547. The molecule has 0 atom stereocenters. The highest BCUT2D eigenvalue weighted by molar-refractivity contribution is 5.89. The topological polar surface area (TPSA) is 49.6 Å². The van der Waals surface area contributed by atoms with Crippen LogP contribution in [0.15, 0.2) is 164 Å². The SMILES string of the molecule is N#Cc1c(-c2ccccc2)nc(-c2ccccc2)nc1-c1ccc2c(c1)C(c1ccccc1)(c1ccccc1)c1ccccc1-2. The molecule has 3 heteroatoms. The summed E-state index contributed by atoms with van der Waals surface area (Å²) in [6, 6.07) is 59.1. The van der Waals surface area contributed by atoms with E-state index in [1.807, 2.05) is 60.7 Å². The Balaban J connectivity index is 1.45. The van der Waals surface area contributed by atoms with E-state index in [9.17, 15) is 5.26 Å². The zero-order chi connectivity index (χ0) is 30.2. The van der Waals surface area contributed by atoms with Crippen molar-refractivity contribution in [2.75, 3.05) is 0 Å². The molecule has 6 aromatic carbocycles. The zero-order valence-electron chi connectivity index (χ0n) is 24.4. The predicted molar refractivity (Wildman–Crippen MR) is 180 cm³/mol. The van der Waals surface area contributed by atoms with Gasteiger partial charge in [0.1, 0.15) is 11.6 Å². The number of fused-ring (bicyclic) bond motifs is 3. The molecule has 0 N–H and O–H groups in total. The van der Waals surface area contributed by atoms with Gasteiger partial charge in [0.15, 0.2) is 5.82 Å². The minimum Gasteiger partial charge on any atom is -0.227 e. The Kier molecular flexibility index (Phi) is 6.40. The Labute approximate surface area is 262 Å². The third-order valence-electron chi connectivity index (χ3n) is 8.83. The highest BCUT2D eigenvalue weighted by Crippen LogP contribution is 2.56. The van der Waals surface area contributed by atoms with Crippen LogP contribution in [0.4, 0.5) is 0 Å². The zero-order valence-corrected chi connectivity index (χ0v) is 24.4. The van der Waals surface area contributed by atoms with Crippen LogP contribution in [0.1, 0.15) is 27.8 Å². The second kappa shape index (κ2) is 10.9. The summed E-state index contributed by atoms with van der Waals surface area (Å²) in [7, 11) is 0. The van der Waals surface area contributed by atoms with Crippen LogP contribution >= 0.6 is 0 Å². The molecule has 1 aromatic heterocycles. The smallest absolute Gasteiger partial charge is 0.160 e. The van der Waals surface area contributed by atoms with E-state index < -0.39 is 5.41 Å². The molecule has 45 heavy (non-hydrogen) atoms. The Bertz CT molecular complexity index is 2160. The molecule has 3 nitrogen and oxygen atoms in total. The average Bonchev–Trinajstić information content (AvgIpc) is 3.43. The maximum atomic E-state index is 10.6. The minimum absolute atomic E-state index is 0.460. The van der Waals surface area contributed by atoms with Crippen LogP contribution in [-0.4, -0.2) is 9.97 Å². The van der Waals surface area contributed by atoms with Crippen molar-refractivity contribution in [3.63, 3.8) is 0 Å². The average molecular weight is 574 g/mol. The van der Waals surface area contributed by atoms with Crippen molar-refractivity contribution in [1.82, 2.24) is 9.97 Å². The molecule has 0 amide bonds. The first kappa shape index (κ1) is 26.5. The standard InChI is InChI=1S/C42H27N3/c43-28-36-39(29-15-5-1-6-16-29)44-41(30-17-7-2-8-18-30)45-40(36)31-25-26-35-34-23-13-14-24-37(34)42(38(35)27-31,32-19-9-3-10-20-32)33-21-11-4-12-22-33/h1-27H. The van der Waals surface area contributed by atoms with E-state index in [0.29, 0.717) is 22.8 Å². The molecule has 0 saturated carbocycles. The fraction of sp³-hybridized carbons (Fsp3) is 0.0238. The monoisotopic (exact) mass is 573 g/mol. The van der Waals surface area contributed by atoms with E-state index >= 15 is 0 Å². The van der Waals surface area contributed by atoms with Gasteiger partial charge in [0, 0.05) is 16.7 Å². The van der Waals surface area contributed by atoms with E-state index in [1.54, 1.807) is 0 Å². The summed E-state index contributed by atoms with van der Waals surface area (Å²) in [4.78, 5) is 10.1. The van der Waals surface area contributed by atoms with Gasteiger partial charge in [-0.1, -0.05) is 158 Å². The molecule has 1 aliphatic rings. The summed E-state index contributed by atoms with van der Waals surface area (Å²) in [6.45, 7) is 0. The lowest BCUT2D eigenvalue weighted by Gasteiger charge is -2.34. The molecule has 0 fully saturated rings. The van der Waals surface area contributed by atoms with E-state index in [2.05, 4.69) is 109 Å². The van der Waals surface area contributed by atoms with Gasteiger partial charge in [0.05, 0.1) is 16.8 Å². The summed E-state index contributed by atoms with van der Waals surface area (Å²) in [6.07, 6.45) is 0. The van der Waals surface area contributed by atoms with Gasteiger partial charge >= 0.3 is 0 Å². The number of aromatic nitrogens is 2. The van der Waals surface area contributed by atoms with Crippen LogP contribution in [-0.2, 0) is 5.41 Å². The molecule has 0 unspecified atom stereocenters. The van der Waals surface area contributed by atoms with Crippen LogP contribution < -0.4 is 0 Å². The molecular weight excluding hydrogens is 546 g/mol. The van der Waals surface area contributed by atoms with Crippen LogP contribution in [0, 0.1) is 11.3 Å². The van der Waals surface area contributed by atoms with Crippen molar-refractivity contribution in [2.24, 2.45) is 0 Å². The fourth-order valence-electron chi connectivity index (χ4n) is 6.89.